The number of hydrogen-bond donors (Lipinski definition) is 0. The number of hydrogen-bond acceptors (Lipinski definition) is 3. The summed E-state index contributed by atoms with van der Waals surface area (Å²) in [7, 11) is 2.91. The highest BCUT2D eigenvalue weighted by Gasteiger charge is 2.25. The van der Waals surface area contributed by atoms with Crippen LogP contribution in [0.1, 0.15) is 25.0 Å². The Labute approximate surface area is 94.4 Å². The van der Waals surface area contributed by atoms with Crippen molar-refractivity contribution in [3.8, 4) is 17.6 Å². The van der Waals surface area contributed by atoms with Gasteiger partial charge in [-0.3, -0.25) is 0 Å². The maximum absolute atomic E-state index is 13.9. The average molecular weight is 223 g/mol. The monoisotopic (exact) mass is 223 g/mol. The number of nitrogens with zero attached hydrogens (tertiary/aromatic N) is 1. The smallest absolute Gasteiger partial charge is 0.140 e. The summed E-state index contributed by atoms with van der Waals surface area (Å²) >= 11 is 0. The van der Waals surface area contributed by atoms with Gasteiger partial charge in [-0.05, 0) is 19.9 Å². The van der Waals surface area contributed by atoms with Crippen LogP contribution >= 0.6 is 0 Å². The molecule has 16 heavy (non-hydrogen) atoms. The molecule has 0 amide bonds. The highest BCUT2D eigenvalue weighted by Crippen LogP contribution is 2.37. The predicted molar refractivity (Wildman–Crippen MR) is 58.4 cm³/mol. The molecule has 0 fully saturated rings. The molecule has 0 aliphatic carbocycles. The fourth-order valence-corrected chi connectivity index (χ4v) is 1.45. The van der Waals surface area contributed by atoms with Crippen molar-refractivity contribution < 1.29 is 13.9 Å². The standard InChI is InChI=1S/C12H14FNO2/c1-12(2,13)9-5-8(7-14)10(15-3)6-11(9)16-4/h5-6H,1-4H3. The van der Waals surface area contributed by atoms with Crippen molar-refractivity contribution >= 4 is 0 Å². The van der Waals surface area contributed by atoms with Crippen LogP contribution in [0.5, 0.6) is 11.5 Å². The first-order chi connectivity index (χ1) is 7.43. The number of nitriles is 1. The second kappa shape index (κ2) is 4.40. The van der Waals surface area contributed by atoms with Gasteiger partial charge in [0.2, 0.25) is 0 Å². The highest BCUT2D eigenvalue weighted by atomic mass is 19.1. The lowest BCUT2D eigenvalue weighted by Gasteiger charge is -2.19. The Hall–Kier alpha value is -1.76. The zero-order chi connectivity index (χ0) is 12.3. The summed E-state index contributed by atoms with van der Waals surface area (Å²) in [5, 5.41) is 8.91. The molecule has 0 spiro atoms. The maximum atomic E-state index is 13.9. The van der Waals surface area contributed by atoms with Gasteiger partial charge in [-0.2, -0.15) is 5.26 Å². The molecular weight excluding hydrogens is 209 g/mol. The van der Waals surface area contributed by atoms with Crippen LogP contribution in [0.15, 0.2) is 12.1 Å². The van der Waals surface area contributed by atoms with Gasteiger partial charge in [-0.1, -0.05) is 0 Å². The van der Waals surface area contributed by atoms with Crippen molar-refractivity contribution in [3.63, 3.8) is 0 Å². The van der Waals surface area contributed by atoms with E-state index in [-0.39, 0.29) is 0 Å². The number of alkyl halides is 1. The Morgan fingerprint density at radius 2 is 1.75 bits per heavy atom. The van der Waals surface area contributed by atoms with Crippen LogP contribution in [0.3, 0.4) is 0 Å². The van der Waals surface area contributed by atoms with Gasteiger partial charge in [0.15, 0.2) is 0 Å². The van der Waals surface area contributed by atoms with E-state index in [2.05, 4.69) is 0 Å². The van der Waals surface area contributed by atoms with E-state index in [9.17, 15) is 4.39 Å². The minimum absolute atomic E-state index is 0.295. The fourth-order valence-electron chi connectivity index (χ4n) is 1.45. The zero-order valence-corrected chi connectivity index (χ0v) is 9.80. The first-order valence-corrected chi connectivity index (χ1v) is 4.79. The molecule has 0 aliphatic rings. The molecule has 0 N–H and O–H groups in total. The molecule has 0 unspecified atom stereocenters. The van der Waals surface area contributed by atoms with Gasteiger partial charge in [0.1, 0.15) is 23.2 Å². The van der Waals surface area contributed by atoms with Gasteiger partial charge in [0, 0.05) is 11.6 Å². The van der Waals surface area contributed by atoms with Gasteiger partial charge in [0.05, 0.1) is 19.8 Å². The van der Waals surface area contributed by atoms with Crippen LogP contribution < -0.4 is 9.47 Å². The summed E-state index contributed by atoms with van der Waals surface area (Å²) < 4.78 is 24.0. The topological polar surface area (TPSA) is 42.2 Å². The van der Waals surface area contributed by atoms with E-state index in [1.807, 2.05) is 6.07 Å². The molecule has 1 aromatic carbocycles. The molecule has 1 rings (SSSR count). The lowest BCUT2D eigenvalue weighted by atomic mass is 9.96. The number of halogens is 1. The molecule has 0 bridgehead atoms. The Morgan fingerprint density at radius 1 is 1.19 bits per heavy atom. The van der Waals surface area contributed by atoms with Gasteiger partial charge >= 0.3 is 0 Å². The molecule has 0 aliphatic heterocycles. The first-order valence-electron chi connectivity index (χ1n) is 4.79. The summed E-state index contributed by atoms with van der Waals surface area (Å²) in [5.41, 5.74) is -0.931. The zero-order valence-electron chi connectivity index (χ0n) is 9.80. The van der Waals surface area contributed by atoms with E-state index < -0.39 is 5.67 Å². The summed E-state index contributed by atoms with van der Waals surface area (Å²) in [6.45, 7) is 2.83. The minimum atomic E-state index is -1.57. The predicted octanol–water partition coefficient (Wildman–Crippen LogP) is 2.78. The second-order valence-corrected chi connectivity index (χ2v) is 3.84. The van der Waals surface area contributed by atoms with Crippen molar-refractivity contribution in [1.82, 2.24) is 0 Å². The number of methoxy groups -OCH3 is 2. The molecule has 3 nitrogen and oxygen atoms in total. The molecule has 0 atom stereocenters. The van der Waals surface area contributed by atoms with Gasteiger partial charge in [0.25, 0.3) is 0 Å². The van der Waals surface area contributed by atoms with Crippen LogP contribution in [0.4, 0.5) is 4.39 Å². The number of benzene rings is 1. The van der Waals surface area contributed by atoms with Crippen LogP contribution in [0.2, 0.25) is 0 Å². The summed E-state index contributed by atoms with van der Waals surface area (Å²) in [4.78, 5) is 0. The quantitative estimate of drug-likeness (QED) is 0.791. The number of ether oxygens (including phenoxy) is 2. The third kappa shape index (κ3) is 2.25. The van der Waals surface area contributed by atoms with E-state index >= 15 is 0 Å². The Balaban J connectivity index is 3.45. The van der Waals surface area contributed by atoms with Crippen molar-refractivity contribution in [1.29, 1.82) is 5.26 Å². The van der Waals surface area contributed by atoms with E-state index in [0.717, 1.165) is 0 Å². The maximum Gasteiger partial charge on any atom is 0.140 e. The van der Waals surface area contributed by atoms with Gasteiger partial charge in [-0.15, -0.1) is 0 Å². The van der Waals surface area contributed by atoms with Gasteiger partial charge in [-0.25, -0.2) is 4.39 Å². The SMILES string of the molecule is COc1cc(OC)c(C(C)(C)F)cc1C#N. The van der Waals surface area contributed by atoms with E-state index in [0.29, 0.717) is 22.6 Å². The van der Waals surface area contributed by atoms with Crippen molar-refractivity contribution in [2.24, 2.45) is 0 Å². The molecule has 86 valence electrons. The summed E-state index contributed by atoms with van der Waals surface area (Å²) in [5.74, 6) is 0.760. The molecule has 0 saturated heterocycles. The van der Waals surface area contributed by atoms with Crippen LogP contribution in [-0.2, 0) is 5.67 Å². The molecule has 0 saturated carbocycles. The van der Waals surface area contributed by atoms with Gasteiger partial charge < -0.3 is 9.47 Å². The Bertz CT molecular complexity index is 430. The van der Waals surface area contributed by atoms with E-state index in [1.54, 1.807) is 0 Å². The van der Waals surface area contributed by atoms with Crippen LogP contribution in [0.25, 0.3) is 0 Å². The Kier molecular flexibility index (Phi) is 3.38. The molecule has 0 radical (unpaired) electrons. The first kappa shape index (κ1) is 12.3. The van der Waals surface area contributed by atoms with Crippen molar-refractivity contribution in [2.75, 3.05) is 14.2 Å². The average Bonchev–Trinajstić information content (AvgIpc) is 2.25. The van der Waals surface area contributed by atoms with Crippen molar-refractivity contribution in [2.45, 2.75) is 19.5 Å². The molecule has 1 aromatic rings. The molecule has 4 heteroatoms. The molecular formula is C12H14FNO2. The van der Waals surface area contributed by atoms with Crippen LogP contribution in [0, 0.1) is 11.3 Å². The molecule has 0 heterocycles. The normalized spacial score (nSPS) is 10.8. The van der Waals surface area contributed by atoms with Crippen molar-refractivity contribution in [3.05, 3.63) is 23.3 Å². The third-order valence-electron chi connectivity index (χ3n) is 2.28. The lowest BCUT2D eigenvalue weighted by Crippen LogP contribution is -2.11. The highest BCUT2D eigenvalue weighted by molar-refractivity contribution is 5.53. The Morgan fingerprint density at radius 3 is 2.12 bits per heavy atom. The minimum Gasteiger partial charge on any atom is -0.496 e. The van der Waals surface area contributed by atoms with Crippen LogP contribution in [-0.4, -0.2) is 14.2 Å². The third-order valence-corrected chi connectivity index (χ3v) is 2.28. The largest absolute Gasteiger partial charge is 0.496 e. The lowest BCUT2D eigenvalue weighted by molar-refractivity contribution is 0.213. The number of rotatable bonds is 3. The second-order valence-electron chi connectivity index (χ2n) is 3.84. The summed E-state index contributed by atoms with van der Waals surface area (Å²) in [6, 6.07) is 4.94. The van der Waals surface area contributed by atoms with E-state index in [1.165, 1.54) is 40.2 Å². The summed E-state index contributed by atoms with van der Waals surface area (Å²) in [6.07, 6.45) is 0. The fraction of sp³-hybridized carbons (Fsp3) is 0.417. The van der Waals surface area contributed by atoms with E-state index in [4.69, 9.17) is 14.7 Å². The molecule has 0 aromatic heterocycles.